The van der Waals surface area contributed by atoms with Gasteiger partial charge in [-0.2, -0.15) is 5.26 Å². The van der Waals surface area contributed by atoms with E-state index in [1.54, 1.807) is 58.6 Å². The van der Waals surface area contributed by atoms with Gasteiger partial charge in [0, 0.05) is 29.8 Å². The van der Waals surface area contributed by atoms with E-state index in [1.807, 2.05) is 66.7 Å². The molecule has 15 heteroatoms. The van der Waals surface area contributed by atoms with Gasteiger partial charge in [0.1, 0.15) is 29.8 Å². The fraction of sp³-hybridized carbons (Fsp3) is 0.245. The van der Waals surface area contributed by atoms with Crippen LogP contribution in [0.3, 0.4) is 0 Å². The van der Waals surface area contributed by atoms with E-state index in [-0.39, 0.29) is 23.9 Å². The molecule has 4 aromatic carbocycles. The van der Waals surface area contributed by atoms with Crippen LogP contribution in [0.2, 0.25) is 0 Å². The molecule has 0 spiro atoms. The fourth-order valence-electron chi connectivity index (χ4n) is 8.27. The van der Waals surface area contributed by atoms with Gasteiger partial charge in [0.05, 0.1) is 55.6 Å². The number of aromatic nitrogens is 4. The zero-order valence-electron chi connectivity index (χ0n) is 35.2. The van der Waals surface area contributed by atoms with Crippen molar-refractivity contribution >= 4 is 24.0 Å². The van der Waals surface area contributed by atoms with Crippen LogP contribution in [0.1, 0.15) is 89.3 Å². The Morgan fingerprint density at radius 2 is 1.14 bits per heavy atom. The molecule has 8 rings (SSSR count). The first-order chi connectivity index (χ1) is 31.2. The van der Waals surface area contributed by atoms with Gasteiger partial charge in [0.2, 0.25) is 0 Å². The van der Waals surface area contributed by atoms with Gasteiger partial charge in [0.15, 0.2) is 0 Å². The number of nitriles is 1. The van der Waals surface area contributed by atoms with Gasteiger partial charge in [0.25, 0.3) is 11.8 Å². The number of benzene rings is 4. The molecule has 15 nitrogen and oxygen atoms in total. The van der Waals surface area contributed by atoms with Crippen LogP contribution in [0.4, 0.5) is 9.59 Å². The quantitative estimate of drug-likeness (QED) is 0.102. The van der Waals surface area contributed by atoms with Crippen molar-refractivity contribution in [1.82, 2.24) is 40.4 Å². The maximum atomic E-state index is 13.9. The number of ether oxygens (including phenoxy) is 2. The van der Waals surface area contributed by atoms with Crippen molar-refractivity contribution in [2.24, 2.45) is 0 Å². The van der Waals surface area contributed by atoms with Crippen molar-refractivity contribution in [2.75, 3.05) is 27.3 Å². The molecule has 0 radical (unpaired) electrons. The molecule has 4 amide bonds. The summed E-state index contributed by atoms with van der Waals surface area (Å²) in [6, 6.07) is 31.1. The lowest BCUT2D eigenvalue weighted by atomic mass is 10.0. The lowest BCUT2D eigenvalue weighted by Gasteiger charge is -2.28. The molecule has 2 aliphatic rings. The Morgan fingerprint density at radius 1 is 0.656 bits per heavy atom. The number of hydrogen-bond acceptors (Lipinski definition) is 9. The molecule has 4 N–H and O–H groups in total. The molecule has 2 saturated heterocycles. The van der Waals surface area contributed by atoms with Gasteiger partial charge in [-0.05, 0) is 66.6 Å². The first-order valence-corrected chi connectivity index (χ1v) is 20.9. The van der Waals surface area contributed by atoms with E-state index in [9.17, 15) is 24.4 Å². The summed E-state index contributed by atoms with van der Waals surface area (Å²) in [6.45, 7) is 1.03. The second kappa shape index (κ2) is 19.3. The molecule has 4 unspecified atom stereocenters. The third-order valence-corrected chi connectivity index (χ3v) is 11.5. The monoisotopic (exact) mass is 855 g/mol. The number of nitrogens with one attached hydrogen (secondary N) is 4. The number of imidazole rings is 2. The van der Waals surface area contributed by atoms with Gasteiger partial charge < -0.3 is 39.9 Å². The van der Waals surface area contributed by atoms with E-state index in [2.05, 4.69) is 48.5 Å². The Hall–Kier alpha value is -8.17. The number of methoxy groups -OCH3 is 2. The number of amides is 4. The van der Waals surface area contributed by atoms with E-state index in [4.69, 9.17) is 9.47 Å². The maximum absolute atomic E-state index is 13.9. The molecule has 0 saturated carbocycles. The summed E-state index contributed by atoms with van der Waals surface area (Å²) >= 11 is 0. The van der Waals surface area contributed by atoms with Crippen LogP contribution in [0.15, 0.2) is 116 Å². The first-order valence-electron chi connectivity index (χ1n) is 20.9. The second-order valence-corrected chi connectivity index (χ2v) is 15.4. The summed E-state index contributed by atoms with van der Waals surface area (Å²) in [5, 5.41) is 15.5. The highest BCUT2D eigenvalue weighted by molar-refractivity contribution is 5.88. The van der Waals surface area contributed by atoms with Crippen LogP contribution < -0.4 is 10.6 Å². The van der Waals surface area contributed by atoms with Gasteiger partial charge in [-0.3, -0.25) is 9.59 Å². The number of carbonyl (C=O) groups excluding carboxylic acids is 4. The van der Waals surface area contributed by atoms with Crippen LogP contribution >= 0.6 is 0 Å². The van der Waals surface area contributed by atoms with Gasteiger partial charge >= 0.3 is 12.2 Å². The smallest absolute Gasteiger partial charge is 0.407 e. The molecule has 6 aromatic rings. The third-order valence-electron chi connectivity index (χ3n) is 11.5. The fourth-order valence-corrected chi connectivity index (χ4v) is 8.27. The number of aromatic amines is 2. The van der Waals surface area contributed by atoms with Gasteiger partial charge in [-0.1, -0.05) is 90.7 Å². The SMILES string of the molecule is COC(=O)NC(C(=O)N1CCCC1c1ncc(-c2ccc(C#Cc3ccc(-c4cnc(C5CCCN5C(=O)C(NC(=O)OC)c5ccccc5)[nH]4)cc3C#N)cc2)[nH]1)c1ccccc1. The first kappa shape index (κ1) is 42.5. The third kappa shape index (κ3) is 9.19. The number of H-pyrrole nitrogens is 2. The summed E-state index contributed by atoms with van der Waals surface area (Å²) in [5.41, 5.74) is 6.12. The summed E-state index contributed by atoms with van der Waals surface area (Å²) in [6.07, 6.45) is 5.02. The van der Waals surface area contributed by atoms with E-state index in [0.717, 1.165) is 41.6 Å². The average molecular weight is 856 g/mol. The van der Waals surface area contributed by atoms with Crippen LogP contribution in [0.5, 0.6) is 0 Å². The molecule has 0 aliphatic carbocycles. The second-order valence-electron chi connectivity index (χ2n) is 15.4. The zero-order chi connectivity index (χ0) is 44.6. The predicted molar refractivity (Wildman–Crippen MR) is 236 cm³/mol. The number of nitrogens with zero attached hydrogens (tertiary/aromatic N) is 5. The van der Waals surface area contributed by atoms with Crippen molar-refractivity contribution in [3.8, 4) is 40.4 Å². The van der Waals surface area contributed by atoms with Gasteiger partial charge in [-0.25, -0.2) is 19.6 Å². The standard InChI is InChI=1S/C49H45N9O6/c1-63-48(61)55-42(34-11-5-3-6-12-34)46(59)57-25-9-15-40(57)44-51-29-38(53-44)33-21-18-31(19-22-33)17-20-32-23-24-36(27-37(32)28-50)39-30-52-45(54-39)41-16-10-26-58(41)47(60)43(56-49(62)64-2)35-13-7-4-8-14-35/h3-8,11-14,18-19,21-24,27,29-30,40-43H,9-10,15-16,25-26H2,1-2H3,(H,51,53)(H,52,54)(H,55,61)(H,56,62). The molecule has 4 heterocycles. The number of rotatable bonds is 10. The predicted octanol–water partition coefficient (Wildman–Crippen LogP) is 7.26. The zero-order valence-corrected chi connectivity index (χ0v) is 35.2. The van der Waals surface area contributed by atoms with Crippen LogP contribution in [-0.4, -0.2) is 81.0 Å². The molecular weight excluding hydrogens is 811 g/mol. The molecular formula is C49H45N9O6. The van der Waals surface area contributed by atoms with Crippen LogP contribution in [-0.2, 0) is 19.1 Å². The van der Waals surface area contributed by atoms with E-state index in [1.165, 1.54) is 14.2 Å². The molecule has 322 valence electrons. The van der Waals surface area contributed by atoms with Crippen LogP contribution in [0, 0.1) is 23.2 Å². The summed E-state index contributed by atoms with van der Waals surface area (Å²) in [5.74, 6) is 7.09. The molecule has 2 aliphatic heterocycles. The van der Waals surface area contributed by atoms with Crippen molar-refractivity contribution in [1.29, 1.82) is 5.26 Å². The highest BCUT2D eigenvalue weighted by atomic mass is 16.5. The Balaban J connectivity index is 0.935. The Bertz CT molecular complexity index is 2750. The van der Waals surface area contributed by atoms with Gasteiger partial charge in [-0.15, -0.1) is 0 Å². The number of hydrogen-bond donors (Lipinski definition) is 4. The number of likely N-dealkylation sites (tertiary alicyclic amines) is 2. The number of alkyl carbamates (subject to hydrolysis) is 2. The van der Waals surface area contributed by atoms with E-state index >= 15 is 0 Å². The molecule has 64 heavy (non-hydrogen) atoms. The Morgan fingerprint density at radius 3 is 1.62 bits per heavy atom. The minimum Gasteiger partial charge on any atom is -0.453 e. The van der Waals surface area contributed by atoms with Crippen molar-refractivity contribution in [3.63, 3.8) is 0 Å². The van der Waals surface area contributed by atoms with E-state index in [0.29, 0.717) is 59.1 Å². The van der Waals surface area contributed by atoms with Crippen molar-refractivity contribution in [3.05, 3.63) is 155 Å². The normalized spacial score (nSPS) is 16.5. The topological polar surface area (TPSA) is 198 Å². The lowest BCUT2D eigenvalue weighted by molar-refractivity contribution is -0.135. The number of carbonyl (C=O) groups is 4. The lowest BCUT2D eigenvalue weighted by Crippen LogP contribution is -2.42. The molecule has 0 bridgehead atoms. The minimum atomic E-state index is -0.925. The largest absolute Gasteiger partial charge is 0.453 e. The maximum Gasteiger partial charge on any atom is 0.407 e. The van der Waals surface area contributed by atoms with E-state index < -0.39 is 24.3 Å². The van der Waals surface area contributed by atoms with Crippen molar-refractivity contribution in [2.45, 2.75) is 49.9 Å². The summed E-state index contributed by atoms with van der Waals surface area (Å²) < 4.78 is 9.63. The minimum absolute atomic E-state index is 0.240. The Kier molecular flexibility index (Phi) is 12.8. The average Bonchev–Trinajstić information content (AvgIpc) is 4.20. The highest BCUT2D eigenvalue weighted by Gasteiger charge is 2.38. The molecule has 2 fully saturated rings. The summed E-state index contributed by atoms with van der Waals surface area (Å²) in [7, 11) is 2.53. The molecule has 4 atom stereocenters. The van der Waals surface area contributed by atoms with Crippen LogP contribution in [0.25, 0.3) is 22.5 Å². The Labute approximate surface area is 369 Å². The summed E-state index contributed by atoms with van der Waals surface area (Å²) in [4.78, 5) is 71.8. The van der Waals surface area contributed by atoms with Crippen molar-refractivity contribution < 1.29 is 28.7 Å². The highest BCUT2D eigenvalue weighted by Crippen LogP contribution is 2.36. The molecule has 2 aromatic heterocycles.